The van der Waals surface area contributed by atoms with Gasteiger partial charge in [-0.25, -0.2) is 0 Å². The van der Waals surface area contributed by atoms with Gasteiger partial charge in [0, 0.05) is 126 Å². The zero-order valence-electron chi connectivity index (χ0n) is 68.1. The van der Waals surface area contributed by atoms with Crippen molar-refractivity contribution >= 4 is 210 Å². The van der Waals surface area contributed by atoms with E-state index >= 15 is 0 Å². The van der Waals surface area contributed by atoms with Crippen LogP contribution in [-0.2, 0) is 19.3 Å². The van der Waals surface area contributed by atoms with E-state index in [1.54, 1.807) is 6.92 Å². The summed E-state index contributed by atoms with van der Waals surface area (Å²) in [5.74, 6) is 5.39. The average Bonchev–Trinajstić information content (AvgIpc) is 1.58. The molecule has 0 radical (unpaired) electrons. The van der Waals surface area contributed by atoms with Gasteiger partial charge in [-0.1, -0.05) is 329 Å². The molecule has 2 aliphatic rings. The fourth-order valence-electron chi connectivity index (χ4n) is 14.7. The summed E-state index contributed by atoms with van der Waals surface area (Å²) in [5.41, 5.74) is 25.6. The number of alkyl halides is 1. The van der Waals surface area contributed by atoms with Crippen LogP contribution >= 0.6 is 111 Å². The van der Waals surface area contributed by atoms with Crippen LogP contribution in [0.3, 0.4) is 0 Å². The average molecular weight is 2030 g/mol. The van der Waals surface area contributed by atoms with Crippen LogP contribution < -0.4 is 16.6 Å². The van der Waals surface area contributed by atoms with Crippen LogP contribution in [0.25, 0.3) is 115 Å². The van der Waals surface area contributed by atoms with E-state index in [9.17, 15) is 9.18 Å². The van der Waals surface area contributed by atoms with E-state index < -0.39 is 7.15 Å². The lowest BCUT2D eigenvalue weighted by atomic mass is 9.89. The molecule has 0 unspecified atom stereocenters. The number of carbonyl (C=O) groups excluding carboxylic acids is 1. The molecule has 3 aromatic heterocycles. The second-order valence-corrected chi connectivity index (χ2v) is 32.5. The summed E-state index contributed by atoms with van der Waals surface area (Å²) in [7, 11) is -1.00. The summed E-state index contributed by atoms with van der Waals surface area (Å²) in [4.78, 5) is 18.5. The molecular formula is C106H102Br4Cl2FIN6O2. The molecule has 21 rings (SSSR count). The fraction of sp³-hybridized carbons (Fsp3) is 0.104. The molecule has 0 atom stereocenters. The monoisotopic (exact) mass is 2030 g/mol. The molecule has 19 aromatic rings. The molecule has 0 fully saturated rings. The highest BCUT2D eigenvalue weighted by molar-refractivity contribution is 14.1. The Hall–Kier alpha value is -10.5. The minimum atomic E-state index is -1.00. The molecule has 122 heavy (non-hydrogen) atoms. The Morgan fingerprint density at radius 2 is 0.861 bits per heavy atom. The molecule has 8 nitrogen and oxygen atoms in total. The smallest absolute Gasteiger partial charge is 0.163 e. The molecule has 0 spiro atoms. The largest absolute Gasteiger partial charge is 0.397 e. The van der Waals surface area contributed by atoms with Crippen molar-refractivity contribution in [2.24, 2.45) is 5.84 Å². The van der Waals surface area contributed by atoms with Gasteiger partial charge in [-0.15, -0.1) is 24.8 Å². The number of ketones is 1. The van der Waals surface area contributed by atoms with E-state index in [0.717, 1.165) is 61.7 Å². The maximum atomic E-state index is 11.4. The van der Waals surface area contributed by atoms with Gasteiger partial charge in [-0.3, -0.25) is 15.0 Å². The third-order valence-corrected chi connectivity index (χ3v) is 22.7. The number of carbonyl (C=O) groups is 1. The van der Waals surface area contributed by atoms with Crippen molar-refractivity contribution in [3.05, 3.63) is 414 Å². The first kappa shape index (κ1) is 93.8. The van der Waals surface area contributed by atoms with Crippen molar-refractivity contribution in [1.29, 1.82) is 0 Å². The zero-order valence-corrected chi connectivity index (χ0v) is 75.3. The lowest BCUT2D eigenvalue weighted by molar-refractivity contribution is 0.0972. The van der Waals surface area contributed by atoms with Gasteiger partial charge < -0.3 is 30.4 Å². The summed E-state index contributed by atoms with van der Waals surface area (Å²) < 4.78 is 33.6. The first-order valence-corrected chi connectivity index (χ1v) is 42.8. The number of Topliss-reactive ketones (excluding diaryl/α,β-unsaturated/α-hetero) is 1. The number of para-hydroxylation sites is 5. The number of aromatic nitrogens is 3. The highest BCUT2D eigenvalue weighted by Crippen LogP contribution is 2.41. The number of aryl methyl sites for hydroxylation is 3. The van der Waals surface area contributed by atoms with Gasteiger partial charge in [-0.2, -0.15) is 0 Å². The van der Waals surface area contributed by atoms with E-state index in [1.165, 1.54) is 140 Å². The standard InChI is InChI=1S/C24H19N.C22H14BrN.C16H12BrN.C16H10BrN.C10H9BrO.C6H5I.C6H8N2.C2H6O.CH3F.3CH4.2ClH.H2/c1-3-7-19(8-4-1)21-11-15-23(16-12-21)25-24-17-13-22(14-18-24)20-9-5-2-6-10-20;23-16-11-13-18-15(14-16)10-12-20-19-8-4-5-9-21(19)24(22(18)20)17-6-2-1-3-7-17;2*17-11-6-8-12-10(9-11)5-7-14-13-3-1-2-4-15(13)18-16(12)14;11-8-4-5-9-7(6-8)2-1-3-10(9)12;7-6-4-2-1-3-5-6;7-8-6-4-2-1-3-5-6;1-2-3;1-2;;;;;;/h1-18,25H;1-14H;1-4,6,8-9,18H,5,7H2;1-9,18H;4-6H,1-3H2;1-5H;1-5,8H,7H2;3H,2H2,1H3;1H3;3*1H4;3*1H/i;;;;;;;;1D;;;;;;1+1D. The van der Waals surface area contributed by atoms with Gasteiger partial charge in [0.05, 0.1) is 25.1 Å². The zero-order chi connectivity index (χ0) is 84.1. The minimum absolute atomic E-state index is 0. The number of hydrogen-bond acceptors (Lipinski definition) is 5. The molecule has 3 heterocycles. The van der Waals surface area contributed by atoms with Gasteiger partial charge in [0.2, 0.25) is 0 Å². The molecular weight excluding hydrogens is 1930 g/mol. The maximum Gasteiger partial charge on any atom is 0.163 e. The van der Waals surface area contributed by atoms with E-state index in [1.807, 2.05) is 78.9 Å². The molecule has 0 saturated heterocycles. The second kappa shape index (κ2) is 48.4. The van der Waals surface area contributed by atoms with E-state index in [0.29, 0.717) is 12.2 Å². The number of nitrogen functional groups attached to an aromatic ring is 1. The van der Waals surface area contributed by atoms with Crippen LogP contribution in [0.4, 0.5) is 21.5 Å². The first-order valence-electron chi connectivity index (χ1n) is 40.2. The third-order valence-electron chi connectivity index (χ3n) is 20.0. The number of anilines is 3. The van der Waals surface area contributed by atoms with Crippen molar-refractivity contribution in [2.45, 2.75) is 61.3 Å². The number of aliphatic hydroxyl groups excluding tert-OH is 1. The summed E-state index contributed by atoms with van der Waals surface area (Å²) in [6.07, 6.45) is 5.02. The van der Waals surface area contributed by atoms with Crippen molar-refractivity contribution in [1.82, 2.24) is 14.5 Å². The molecule has 16 aromatic carbocycles. The van der Waals surface area contributed by atoms with Crippen LogP contribution in [0.15, 0.2) is 388 Å². The van der Waals surface area contributed by atoms with Crippen molar-refractivity contribution in [2.75, 3.05) is 24.5 Å². The summed E-state index contributed by atoms with van der Waals surface area (Å²) in [6, 6.07) is 128. The van der Waals surface area contributed by atoms with Crippen molar-refractivity contribution in [3.8, 4) is 39.2 Å². The Balaban J connectivity index is 0.000000202. The Morgan fingerprint density at radius 3 is 1.39 bits per heavy atom. The molecule has 0 aliphatic heterocycles. The predicted molar refractivity (Wildman–Crippen MR) is 554 cm³/mol. The van der Waals surface area contributed by atoms with Gasteiger partial charge in [0.1, 0.15) is 0 Å². The highest BCUT2D eigenvalue weighted by Gasteiger charge is 2.22. The molecule has 16 heteroatoms. The van der Waals surface area contributed by atoms with Crippen LogP contribution in [0, 0.1) is 3.57 Å². The van der Waals surface area contributed by atoms with E-state index in [2.05, 4.69) is 403 Å². The minimum Gasteiger partial charge on any atom is -0.397 e. The molecule has 2 aliphatic carbocycles. The third kappa shape index (κ3) is 24.5. The number of fused-ring (bicyclic) bond motifs is 16. The van der Waals surface area contributed by atoms with Crippen LogP contribution in [0.2, 0.25) is 0 Å². The molecule has 0 bridgehead atoms. The number of H-pyrrole nitrogens is 2. The lowest BCUT2D eigenvalue weighted by Crippen LogP contribution is -2.10. The Kier molecular flexibility index (Phi) is 37.2. The number of nitrogens with one attached hydrogen (secondary N) is 4. The number of hydrazine groups is 1. The summed E-state index contributed by atoms with van der Waals surface area (Å²) in [5, 5.41) is 22.6. The van der Waals surface area contributed by atoms with Crippen LogP contribution in [0.5, 0.6) is 0 Å². The Bertz CT molecular complexity index is 6440. The SMILES string of the molecule is Brc1ccc2c(c1)CCc1c-2[nH]c2ccccc12.Brc1ccc2c(ccc3c4ccccc4[nH]c23)c1.Brc1ccc2c(ccc3c4ccccc4n(-c4ccccc4)c23)c1.C.C.C.CCO.Cl.Cl.Ic1ccccc1.NNc1ccccc1.O=C1CCCc2cc(Br)ccc21.[2H]CF.[2H][2H].c1ccc(-c2ccc(Nc3ccc(-c4ccccc4)cc3)cc2)cc1. The second-order valence-electron chi connectivity index (χ2n) is 27.6. The predicted octanol–water partition coefficient (Wildman–Crippen LogP) is 33.2. The molecule has 7 N–H and O–H groups in total. The number of benzene rings is 16. The molecule has 0 amide bonds. The first-order chi connectivity index (χ1) is 58.8. The number of aromatic amines is 2. The highest BCUT2D eigenvalue weighted by atomic mass is 127. The molecule has 624 valence electrons. The number of nitrogens with two attached hydrogens (primary N) is 1. The van der Waals surface area contributed by atoms with Gasteiger partial charge >= 0.3 is 0 Å². The number of aliphatic hydroxyl groups is 1. The van der Waals surface area contributed by atoms with E-state index in [4.69, 9.17) is 15.3 Å². The maximum absolute atomic E-state index is 11.4. The van der Waals surface area contributed by atoms with E-state index in [-0.39, 0.29) is 53.7 Å². The topological polar surface area (TPSA) is 124 Å². The number of rotatable bonds is 6. The molecule has 0 saturated carbocycles. The van der Waals surface area contributed by atoms with Crippen molar-refractivity contribution < 1.29 is 18.6 Å². The van der Waals surface area contributed by atoms with Gasteiger partial charge in [0.15, 0.2) is 5.78 Å². The Morgan fingerprint density at radius 1 is 0.443 bits per heavy atom. The normalized spacial score (nSPS) is 11.1. The van der Waals surface area contributed by atoms with Crippen LogP contribution in [0.1, 0.15) is 73.4 Å². The lowest BCUT2D eigenvalue weighted by Gasteiger charge is -2.16. The van der Waals surface area contributed by atoms with Gasteiger partial charge in [-0.05, 0) is 232 Å². The van der Waals surface area contributed by atoms with Crippen LogP contribution in [-0.4, -0.2) is 39.2 Å². The number of hydrogen-bond donors (Lipinski definition) is 6. The number of nitrogens with zero attached hydrogens (tertiary/aromatic N) is 1. The number of halogens is 8. The van der Waals surface area contributed by atoms with Crippen molar-refractivity contribution in [3.63, 3.8) is 0 Å². The summed E-state index contributed by atoms with van der Waals surface area (Å²) in [6.45, 7) is 1.93. The summed E-state index contributed by atoms with van der Waals surface area (Å²) >= 11 is 16.3. The van der Waals surface area contributed by atoms with Gasteiger partial charge in [0.25, 0.3) is 0 Å². The fourth-order valence-corrected chi connectivity index (χ4v) is 16.7. The Labute approximate surface area is 780 Å². The quantitative estimate of drug-likeness (QED) is 0.0562.